The minimum absolute atomic E-state index is 0.153. The molecule has 1 atom stereocenters. The van der Waals surface area contributed by atoms with Gasteiger partial charge in [0.1, 0.15) is 6.54 Å². The molecule has 0 saturated heterocycles. The molecule has 0 radical (unpaired) electrons. The summed E-state index contributed by atoms with van der Waals surface area (Å²) in [6.45, 7) is 3.57. The first kappa shape index (κ1) is 22.1. The van der Waals surface area contributed by atoms with Crippen LogP contribution in [-0.2, 0) is 27.7 Å². The van der Waals surface area contributed by atoms with E-state index in [2.05, 4.69) is 17.4 Å². The van der Waals surface area contributed by atoms with E-state index in [1.165, 1.54) is 21.9 Å². The Balaban J connectivity index is 1.56. The maximum atomic E-state index is 13.4. The molecule has 5 nitrogen and oxygen atoms in total. The van der Waals surface area contributed by atoms with E-state index in [-0.39, 0.29) is 23.4 Å². The minimum atomic E-state index is -3.90. The van der Waals surface area contributed by atoms with Crippen molar-refractivity contribution < 1.29 is 13.2 Å². The number of anilines is 1. The monoisotopic (exact) mass is 448 g/mol. The number of hydrogen-bond acceptors (Lipinski definition) is 3. The third-order valence-corrected chi connectivity index (χ3v) is 7.73. The minimum Gasteiger partial charge on any atom is -0.348 e. The smallest absolute Gasteiger partial charge is 0.264 e. The standard InChI is InChI=1S/C26H28N2O3S/c1-19-11-15-24(16-12-19)28(32(30,31)25-9-4-3-5-10-25)18-26(29)27-20(2)22-14-13-21-7-6-8-23(21)17-22/h3-5,9-17,20H,6-8,18H2,1-2H3,(H,27,29)/t20-/m0/s1. The molecule has 0 saturated carbocycles. The number of hydrogen-bond donors (Lipinski definition) is 1. The number of nitrogens with one attached hydrogen (secondary N) is 1. The first-order chi connectivity index (χ1) is 15.3. The van der Waals surface area contributed by atoms with Crippen LogP contribution in [0, 0.1) is 6.92 Å². The van der Waals surface area contributed by atoms with Crippen molar-refractivity contribution in [2.45, 2.75) is 44.0 Å². The van der Waals surface area contributed by atoms with Gasteiger partial charge in [0, 0.05) is 0 Å². The van der Waals surface area contributed by atoms with Crippen LogP contribution in [0.5, 0.6) is 0 Å². The van der Waals surface area contributed by atoms with Gasteiger partial charge in [-0.15, -0.1) is 0 Å². The molecular weight excluding hydrogens is 420 g/mol. The van der Waals surface area contributed by atoms with Crippen LogP contribution in [-0.4, -0.2) is 20.9 Å². The summed E-state index contributed by atoms with van der Waals surface area (Å²) in [5.41, 5.74) is 5.23. The van der Waals surface area contributed by atoms with Gasteiger partial charge in [0.05, 0.1) is 16.6 Å². The highest BCUT2D eigenvalue weighted by Crippen LogP contribution is 2.26. The van der Waals surface area contributed by atoms with Gasteiger partial charge in [-0.25, -0.2) is 8.42 Å². The van der Waals surface area contributed by atoms with Crippen molar-refractivity contribution in [3.63, 3.8) is 0 Å². The zero-order valence-electron chi connectivity index (χ0n) is 18.4. The molecule has 1 aliphatic carbocycles. The SMILES string of the molecule is Cc1ccc(N(CC(=O)N[C@@H](C)c2ccc3c(c2)CCC3)S(=O)(=O)c2ccccc2)cc1. The fraction of sp³-hybridized carbons (Fsp3) is 0.269. The Kier molecular flexibility index (Phi) is 6.33. The molecule has 0 unspecified atom stereocenters. The van der Waals surface area contributed by atoms with Crippen molar-refractivity contribution in [3.05, 3.63) is 95.1 Å². The fourth-order valence-electron chi connectivity index (χ4n) is 4.11. The molecule has 1 N–H and O–H groups in total. The summed E-state index contributed by atoms with van der Waals surface area (Å²) in [7, 11) is -3.90. The molecule has 0 spiro atoms. The number of amides is 1. The molecule has 4 rings (SSSR count). The molecule has 166 valence electrons. The number of rotatable bonds is 7. The lowest BCUT2D eigenvalue weighted by Gasteiger charge is -2.25. The van der Waals surface area contributed by atoms with Crippen molar-refractivity contribution in [1.29, 1.82) is 0 Å². The Labute approximate surface area is 190 Å². The van der Waals surface area contributed by atoms with Crippen LogP contribution in [0.25, 0.3) is 0 Å². The second-order valence-corrected chi connectivity index (χ2v) is 10.2. The molecule has 0 heterocycles. The quantitative estimate of drug-likeness (QED) is 0.576. The summed E-state index contributed by atoms with van der Waals surface area (Å²) in [5, 5.41) is 2.98. The van der Waals surface area contributed by atoms with Crippen LogP contribution in [0.4, 0.5) is 5.69 Å². The molecule has 3 aromatic rings. The predicted octanol–water partition coefficient (Wildman–Crippen LogP) is 4.56. The predicted molar refractivity (Wildman–Crippen MR) is 127 cm³/mol. The average Bonchev–Trinajstić information content (AvgIpc) is 3.26. The van der Waals surface area contributed by atoms with Crippen LogP contribution < -0.4 is 9.62 Å². The maximum Gasteiger partial charge on any atom is 0.264 e. The second-order valence-electron chi connectivity index (χ2n) is 8.33. The number of fused-ring (bicyclic) bond motifs is 1. The number of carbonyl (C=O) groups is 1. The summed E-state index contributed by atoms with van der Waals surface area (Å²) in [5.74, 6) is -0.349. The Morgan fingerprint density at radius 1 is 0.969 bits per heavy atom. The van der Waals surface area contributed by atoms with Crippen LogP contribution >= 0.6 is 0 Å². The summed E-state index contributed by atoms with van der Waals surface area (Å²) in [6.07, 6.45) is 3.35. The van der Waals surface area contributed by atoms with E-state index in [1.54, 1.807) is 42.5 Å². The molecule has 0 fully saturated rings. The van der Waals surface area contributed by atoms with E-state index in [4.69, 9.17) is 0 Å². The van der Waals surface area contributed by atoms with Gasteiger partial charge in [0.2, 0.25) is 5.91 Å². The fourth-order valence-corrected chi connectivity index (χ4v) is 5.55. The van der Waals surface area contributed by atoms with Crippen LogP contribution in [0.2, 0.25) is 0 Å². The van der Waals surface area contributed by atoms with E-state index >= 15 is 0 Å². The van der Waals surface area contributed by atoms with Crippen molar-refractivity contribution in [3.8, 4) is 0 Å². The molecule has 1 amide bonds. The number of benzene rings is 3. The van der Waals surface area contributed by atoms with Gasteiger partial charge in [0.25, 0.3) is 10.0 Å². The van der Waals surface area contributed by atoms with E-state index < -0.39 is 10.0 Å². The lowest BCUT2D eigenvalue weighted by Crippen LogP contribution is -2.41. The van der Waals surface area contributed by atoms with Gasteiger partial charge in [-0.3, -0.25) is 9.10 Å². The normalized spacial score (nSPS) is 13.9. The third kappa shape index (κ3) is 4.70. The van der Waals surface area contributed by atoms with Crippen molar-refractivity contribution in [2.75, 3.05) is 10.8 Å². The number of nitrogens with zero attached hydrogens (tertiary/aromatic N) is 1. The molecule has 3 aromatic carbocycles. The Morgan fingerprint density at radius 3 is 2.38 bits per heavy atom. The number of carbonyl (C=O) groups excluding carboxylic acids is 1. The molecule has 1 aliphatic rings. The highest BCUT2D eigenvalue weighted by atomic mass is 32.2. The van der Waals surface area contributed by atoms with Gasteiger partial charge < -0.3 is 5.32 Å². The van der Waals surface area contributed by atoms with Crippen molar-refractivity contribution in [1.82, 2.24) is 5.32 Å². The Morgan fingerprint density at radius 2 is 1.66 bits per heavy atom. The summed E-state index contributed by atoms with van der Waals surface area (Å²) in [4.78, 5) is 13.1. The number of sulfonamides is 1. The van der Waals surface area contributed by atoms with Gasteiger partial charge >= 0.3 is 0 Å². The highest BCUT2D eigenvalue weighted by Gasteiger charge is 2.27. The highest BCUT2D eigenvalue weighted by molar-refractivity contribution is 7.92. The van der Waals surface area contributed by atoms with Crippen LogP contribution in [0.15, 0.2) is 77.7 Å². The summed E-state index contributed by atoms with van der Waals surface area (Å²) < 4.78 is 27.9. The van der Waals surface area contributed by atoms with E-state index in [0.29, 0.717) is 5.69 Å². The zero-order chi connectivity index (χ0) is 22.7. The van der Waals surface area contributed by atoms with Gasteiger partial charge in [-0.1, -0.05) is 54.1 Å². The summed E-state index contributed by atoms with van der Waals surface area (Å²) >= 11 is 0. The largest absolute Gasteiger partial charge is 0.348 e. The topological polar surface area (TPSA) is 66.5 Å². The third-order valence-electron chi connectivity index (χ3n) is 5.94. The van der Waals surface area contributed by atoms with E-state index in [0.717, 1.165) is 24.0 Å². The summed E-state index contributed by atoms with van der Waals surface area (Å²) in [6, 6.07) is 21.5. The molecule has 6 heteroatoms. The number of aryl methyl sites for hydroxylation is 3. The zero-order valence-corrected chi connectivity index (χ0v) is 19.2. The van der Waals surface area contributed by atoms with Gasteiger partial charge in [-0.2, -0.15) is 0 Å². The average molecular weight is 449 g/mol. The van der Waals surface area contributed by atoms with Crippen LogP contribution in [0.1, 0.15) is 41.6 Å². The molecule has 0 aromatic heterocycles. The lowest BCUT2D eigenvalue weighted by atomic mass is 10.0. The van der Waals surface area contributed by atoms with E-state index in [9.17, 15) is 13.2 Å². The lowest BCUT2D eigenvalue weighted by molar-refractivity contribution is -0.120. The van der Waals surface area contributed by atoms with Gasteiger partial charge in [-0.05, 0) is 74.1 Å². The molecular formula is C26H28N2O3S. The molecule has 0 bridgehead atoms. The molecule has 0 aliphatic heterocycles. The first-order valence-electron chi connectivity index (χ1n) is 10.9. The maximum absolute atomic E-state index is 13.4. The van der Waals surface area contributed by atoms with Gasteiger partial charge in [0.15, 0.2) is 0 Å². The van der Waals surface area contributed by atoms with Crippen molar-refractivity contribution in [2.24, 2.45) is 0 Å². The Hall–Kier alpha value is -3.12. The molecule has 32 heavy (non-hydrogen) atoms. The Bertz CT molecular complexity index is 1210. The van der Waals surface area contributed by atoms with Crippen molar-refractivity contribution >= 4 is 21.6 Å². The first-order valence-corrected chi connectivity index (χ1v) is 12.3. The second kappa shape index (κ2) is 9.17. The van der Waals surface area contributed by atoms with E-state index in [1.807, 2.05) is 32.0 Å². The van der Waals surface area contributed by atoms with Crippen LogP contribution in [0.3, 0.4) is 0 Å².